The summed E-state index contributed by atoms with van der Waals surface area (Å²) in [6, 6.07) is 0. The highest BCUT2D eigenvalue weighted by Gasteiger charge is 2.23. The summed E-state index contributed by atoms with van der Waals surface area (Å²) in [7, 11) is 1.95. The first-order valence-electron chi connectivity index (χ1n) is 20.5. The molecule has 22 nitrogen and oxygen atoms in total. The Bertz CT molecular complexity index is 1260. The lowest BCUT2D eigenvalue weighted by molar-refractivity contribution is -0.148. The summed E-state index contributed by atoms with van der Waals surface area (Å²) in [5.74, 6) is -4.56. The molecule has 1 aliphatic rings. The normalized spacial score (nSPS) is 15.6. The molecule has 0 aromatic rings. The molecule has 0 saturated carbocycles. The number of carbonyl (C=O) groups is 7. The molecule has 0 radical (unpaired) electrons. The predicted octanol–water partition coefficient (Wildman–Crippen LogP) is -0.856. The average molecular weight is 865 g/mol. The minimum atomic E-state index is -1.53. The lowest BCUT2D eigenvalue weighted by Gasteiger charge is -2.32. The molecule has 0 aliphatic carbocycles. The number of unbranched alkanes of at least 4 members (excludes halogenated alkanes) is 3. The molecule has 0 bridgehead atoms. The van der Waals surface area contributed by atoms with Crippen molar-refractivity contribution in [2.24, 2.45) is 0 Å². The Kier molecular flexibility index (Phi) is 31.2. The van der Waals surface area contributed by atoms with Gasteiger partial charge in [-0.3, -0.25) is 38.7 Å². The van der Waals surface area contributed by atoms with E-state index in [1.54, 1.807) is 4.90 Å². The van der Waals surface area contributed by atoms with Gasteiger partial charge < -0.3 is 59.6 Å². The third-order valence-electron chi connectivity index (χ3n) is 9.15. The maximum Gasteiger partial charge on any atom is 0.407 e. The van der Waals surface area contributed by atoms with Crippen molar-refractivity contribution in [3.8, 4) is 0 Å². The maximum absolute atomic E-state index is 12.7. The van der Waals surface area contributed by atoms with Crippen molar-refractivity contribution in [3.05, 3.63) is 0 Å². The fourth-order valence-electron chi connectivity index (χ4n) is 5.74. The predicted molar refractivity (Wildman–Crippen MR) is 214 cm³/mol. The smallest absolute Gasteiger partial charge is 0.407 e. The maximum atomic E-state index is 12.7. The lowest BCUT2D eigenvalue weighted by atomic mass is 10.1. The van der Waals surface area contributed by atoms with Crippen LogP contribution in [0.3, 0.4) is 0 Å². The van der Waals surface area contributed by atoms with Crippen molar-refractivity contribution in [2.45, 2.75) is 57.5 Å². The summed E-state index contributed by atoms with van der Waals surface area (Å²) in [6.07, 6.45) is 0.369. The van der Waals surface area contributed by atoms with Crippen LogP contribution in [0, 0.1) is 0 Å². The van der Waals surface area contributed by atoms with E-state index in [-0.39, 0.29) is 44.3 Å². The van der Waals surface area contributed by atoms with E-state index in [1.807, 2.05) is 16.8 Å². The number of carbonyl (C=O) groups excluding carboxylic acids is 3. The number of carboxylic acid groups (broad SMARTS) is 4. The number of ether oxygens (including phenoxy) is 5. The van der Waals surface area contributed by atoms with E-state index in [1.165, 1.54) is 0 Å². The summed E-state index contributed by atoms with van der Waals surface area (Å²) >= 11 is 0. The molecule has 346 valence electrons. The van der Waals surface area contributed by atoms with Crippen molar-refractivity contribution in [3.63, 3.8) is 0 Å². The highest BCUT2D eigenvalue weighted by molar-refractivity contribution is 5.79. The van der Waals surface area contributed by atoms with E-state index < -0.39 is 42.5 Å². The summed E-state index contributed by atoms with van der Waals surface area (Å²) < 4.78 is 26.7. The summed E-state index contributed by atoms with van der Waals surface area (Å²) in [6.45, 7) is 7.39. The summed E-state index contributed by atoms with van der Waals surface area (Å²) in [5.41, 5.74) is 0. The molecule has 60 heavy (non-hydrogen) atoms. The number of amides is 2. The van der Waals surface area contributed by atoms with E-state index in [0.29, 0.717) is 137 Å². The molecule has 0 aromatic carbocycles. The van der Waals surface area contributed by atoms with Crippen LogP contribution in [0.5, 0.6) is 0 Å². The highest BCUT2D eigenvalue weighted by atomic mass is 16.6. The number of nitrogens with one attached hydrogen (secondary N) is 2. The van der Waals surface area contributed by atoms with Crippen molar-refractivity contribution >= 4 is 41.7 Å². The second-order valence-corrected chi connectivity index (χ2v) is 14.3. The van der Waals surface area contributed by atoms with Crippen molar-refractivity contribution in [1.82, 2.24) is 30.2 Å². The minimum absolute atomic E-state index is 0.0907. The molecule has 1 heterocycles. The molecular formula is C38H68N6O16. The number of hydrogen-bond donors (Lipinski definition) is 6. The summed E-state index contributed by atoms with van der Waals surface area (Å²) in [5, 5.41) is 41.6. The van der Waals surface area contributed by atoms with Gasteiger partial charge in [0, 0.05) is 91.1 Å². The van der Waals surface area contributed by atoms with Gasteiger partial charge in [0.05, 0.1) is 72.5 Å². The Morgan fingerprint density at radius 3 is 1.52 bits per heavy atom. The molecule has 1 atom stereocenters. The SMILES string of the molecule is CN1CCN(CC(=O)O)CCN(CC(=O)O)CCN(CC(=O)NCCOCCOCCOCCOCCC(=O)CCCCCCNC(=O)O[C@@H](CCC(=O)O)C(=O)O)CC1. The topological polar surface area (TPSA) is 284 Å². The first-order valence-corrected chi connectivity index (χ1v) is 20.5. The number of Topliss-reactive ketones (excluding diaryl/α,β-unsaturated/α-hetero) is 1. The Morgan fingerprint density at radius 1 is 0.517 bits per heavy atom. The molecule has 1 rings (SSSR count). The standard InChI is InChI=1S/C38H68N6O16/c1-41-12-14-42(16-17-44(30-36(51)52)19-18-43(15-13-41)29-35(49)50)28-33(46)39-11-21-57-23-25-59-27-26-58-24-22-56-20-9-31(45)6-4-2-3-5-10-40-38(55)60-32(37(53)54)7-8-34(47)48/h32H,2-30H2,1H3,(H,39,46)(H,40,55)(H,47,48)(H,49,50)(H,51,52)(H,53,54)/t32-/m0/s1. The minimum Gasteiger partial charge on any atom is -0.481 e. The van der Waals surface area contributed by atoms with Gasteiger partial charge in [0.25, 0.3) is 0 Å². The fourth-order valence-corrected chi connectivity index (χ4v) is 5.74. The van der Waals surface area contributed by atoms with Crippen molar-refractivity contribution in [1.29, 1.82) is 0 Å². The second kappa shape index (κ2) is 34.7. The zero-order chi connectivity index (χ0) is 44.4. The highest BCUT2D eigenvalue weighted by Crippen LogP contribution is 2.07. The lowest BCUT2D eigenvalue weighted by Crippen LogP contribution is -2.48. The van der Waals surface area contributed by atoms with E-state index >= 15 is 0 Å². The van der Waals surface area contributed by atoms with Gasteiger partial charge in [-0.1, -0.05) is 12.8 Å². The number of aliphatic carboxylic acids is 4. The van der Waals surface area contributed by atoms with Gasteiger partial charge in [0.15, 0.2) is 0 Å². The van der Waals surface area contributed by atoms with Crippen LogP contribution in [-0.2, 0) is 52.5 Å². The number of likely N-dealkylation sites (N-methyl/N-ethyl adjacent to an activating group) is 1. The third kappa shape index (κ3) is 31.8. The Hall–Kier alpha value is -4.03. The third-order valence-corrected chi connectivity index (χ3v) is 9.15. The zero-order valence-electron chi connectivity index (χ0n) is 35.1. The number of hydrogen-bond acceptors (Lipinski definition) is 16. The molecule has 0 aromatic heterocycles. The van der Waals surface area contributed by atoms with Crippen LogP contribution < -0.4 is 10.6 Å². The number of rotatable bonds is 33. The molecule has 22 heteroatoms. The van der Waals surface area contributed by atoms with E-state index in [9.17, 15) is 43.8 Å². The van der Waals surface area contributed by atoms with Gasteiger partial charge in [0.2, 0.25) is 12.0 Å². The molecule has 2 amide bonds. The van der Waals surface area contributed by atoms with Crippen molar-refractivity contribution < 1.29 is 77.7 Å². The van der Waals surface area contributed by atoms with Crippen LogP contribution >= 0.6 is 0 Å². The molecule has 1 fully saturated rings. The molecule has 1 aliphatic heterocycles. The average Bonchev–Trinajstić information content (AvgIpc) is 3.18. The number of alkyl carbamates (subject to hydrolysis) is 1. The largest absolute Gasteiger partial charge is 0.481 e. The molecule has 1 saturated heterocycles. The van der Waals surface area contributed by atoms with Crippen LogP contribution in [0.1, 0.15) is 51.4 Å². The van der Waals surface area contributed by atoms with Gasteiger partial charge in [-0.15, -0.1) is 0 Å². The quantitative estimate of drug-likeness (QED) is 0.0438. The van der Waals surface area contributed by atoms with Gasteiger partial charge >= 0.3 is 30.0 Å². The van der Waals surface area contributed by atoms with Crippen LogP contribution in [0.15, 0.2) is 0 Å². The fraction of sp³-hybridized carbons (Fsp3) is 0.816. The molecular weight excluding hydrogens is 796 g/mol. The molecule has 0 spiro atoms. The van der Waals surface area contributed by atoms with E-state index in [0.717, 1.165) is 12.8 Å². The molecule has 0 unspecified atom stereocenters. The molecule has 6 N–H and O–H groups in total. The van der Waals surface area contributed by atoms with Gasteiger partial charge in [-0.05, 0) is 19.9 Å². The number of ketones is 1. The first kappa shape index (κ1) is 54.0. The van der Waals surface area contributed by atoms with Crippen LogP contribution in [-0.4, -0.2) is 233 Å². The van der Waals surface area contributed by atoms with Crippen LogP contribution in [0.25, 0.3) is 0 Å². The number of carboxylic acids is 4. The van der Waals surface area contributed by atoms with Crippen LogP contribution in [0.4, 0.5) is 4.79 Å². The van der Waals surface area contributed by atoms with Crippen molar-refractivity contribution in [2.75, 3.05) is 145 Å². The Labute approximate surface area is 351 Å². The summed E-state index contributed by atoms with van der Waals surface area (Å²) in [4.78, 5) is 88.5. The Morgan fingerprint density at radius 2 is 1.00 bits per heavy atom. The van der Waals surface area contributed by atoms with E-state index in [2.05, 4.69) is 15.5 Å². The zero-order valence-corrected chi connectivity index (χ0v) is 35.1. The van der Waals surface area contributed by atoms with E-state index in [4.69, 9.17) is 33.9 Å². The Balaban J connectivity index is 2.03. The number of nitrogens with zero attached hydrogens (tertiary/aromatic N) is 4. The monoisotopic (exact) mass is 864 g/mol. The van der Waals surface area contributed by atoms with Gasteiger partial charge in [0.1, 0.15) is 5.78 Å². The first-order chi connectivity index (χ1) is 28.7. The van der Waals surface area contributed by atoms with Crippen LogP contribution in [0.2, 0.25) is 0 Å². The van der Waals surface area contributed by atoms with Gasteiger partial charge in [-0.2, -0.15) is 0 Å². The van der Waals surface area contributed by atoms with Gasteiger partial charge in [-0.25, -0.2) is 9.59 Å². The second-order valence-electron chi connectivity index (χ2n) is 14.3.